The molecule has 0 aromatic heterocycles. The molecule has 0 atom stereocenters. The maximum absolute atomic E-state index is 13.8. The number of phenols is 1. The van der Waals surface area contributed by atoms with E-state index in [-0.39, 0.29) is 24.5 Å². The first-order valence-electron chi connectivity index (χ1n) is 6.81. The van der Waals surface area contributed by atoms with E-state index in [2.05, 4.69) is 0 Å². The van der Waals surface area contributed by atoms with Gasteiger partial charge >= 0.3 is 0 Å². The van der Waals surface area contributed by atoms with E-state index in [1.54, 1.807) is 0 Å². The molecule has 2 aromatic rings. The molecule has 1 saturated heterocycles. The lowest BCUT2D eigenvalue weighted by atomic mass is 9.99. The number of ether oxygens (including phenoxy) is 2. The minimum Gasteiger partial charge on any atom is -0.508 e. The number of hydrogen-bond acceptors (Lipinski definition) is 3. The highest BCUT2D eigenvalue weighted by Crippen LogP contribution is 2.32. The van der Waals surface area contributed by atoms with E-state index < -0.39 is 35.5 Å². The minimum atomic E-state index is -1.56. The van der Waals surface area contributed by atoms with Gasteiger partial charge in [0.15, 0.2) is 23.7 Å². The number of benzene rings is 2. The van der Waals surface area contributed by atoms with Crippen molar-refractivity contribution in [3.8, 4) is 5.75 Å². The van der Waals surface area contributed by atoms with Gasteiger partial charge in [-0.15, -0.1) is 0 Å². The summed E-state index contributed by atoms with van der Waals surface area (Å²) in [6.07, 6.45) is -1.06. The predicted octanol–water partition coefficient (Wildman–Crippen LogP) is 3.78. The molecule has 0 radical (unpaired) electrons. The molecule has 0 spiro atoms. The van der Waals surface area contributed by atoms with Gasteiger partial charge < -0.3 is 14.6 Å². The van der Waals surface area contributed by atoms with Gasteiger partial charge in [-0.2, -0.15) is 0 Å². The Balaban J connectivity index is 1.73. The molecule has 0 aliphatic carbocycles. The zero-order valence-corrected chi connectivity index (χ0v) is 11.7. The van der Waals surface area contributed by atoms with Crippen molar-refractivity contribution in [2.75, 3.05) is 13.2 Å². The number of hydrogen-bond donors (Lipinski definition) is 1. The van der Waals surface area contributed by atoms with Crippen molar-refractivity contribution in [2.24, 2.45) is 0 Å². The van der Waals surface area contributed by atoms with Crippen molar-refractivity contribution in [1.82, 2.24) is 0 Å². The van der Waals surface area contributed by atoms with Gasteiger partial charge in [-0.05, 0) is 23.8 Å². The first-order valence-corrected chi connectivity index (χ1v) is 6.81. The summed E-state index contributed by atoms with van der Waals surface area (Å²) in [4.78, 5) is 0. The first-order chi connectivity index (χ1) is 11.0. The van der Waals surface area contributed by atoms with Crippen LogP contribution in [0, 0.1) is 23.3 Å². The second-order valence-corrected chi connectivity index (χ2v) is 5.20. The minimum absolute atomic E-state index is 0.00558. The van der Waals surface area contributed by atoms with Gasteiger partial charge in [0.2, 0.25) is 0 Å². The van der Waals surface area contributed by atoms with Crippen LogP contribution in [0.15, 0.2) is 30.3 Å². The normalized spacial score (nSPS) is 21.4. The molecule has 1 N–H and O–H groups in total. The smallest absolute Gasteiger partial charge is 0.194 e. The standard InChI is InChI=1S/C16H12F4O3/c17-12-5-10(21)1-2-11(12)9-6-22-16(23-7-9)8-3-13(18)15(20)14(19)4-8/h1-5,9,16,21H,6-7H2. The Kier molecular flexibility index (Phi) is 4.23. The number of rotatable bonds is 2. The Morgan fingerprint density at radius 2 is 1.48 bits per heavy atom. The molecule has 1 aliphatic rings. The van der Waals surface area contributed by atoms with Crippen LogP contribution in [-0.2, 0) is 9.47 Å². The molecular formula is C16H12F4O3. The lowest BCUT2D eigenvalue weighted by Gasteiger charge is -2.30. The van der Waals surface area contributed by atoms with E-state index >= 15 is 0 Å². The molecule has 1 fully saturated rings. The second kappa shape index (κ2) is 6.17. The Hall–Kier alpha value is -2.12. The fourth-order valence-corrected chi connectivity index (χ4v) is 2.43. The van der Waals surface area contributed by atoms with Gasteiger partial charge in [0, 0.05) is 17.5 Å². The summed E-state index contributed by atoms with van der Waals surface area (Å²) >= 11 is 0. The summed E-state index contributed by atoms with van der Waals surface area (Å²) in [7, 11) is 0. The maximum Gasteiger partial charge on any atom is 0.194 e. The third-order valence-corrected chi connectivity index (χ3v) is 3.60. The topological polar surface area (TPSA) is 38.7 Å². The molecule has 3 rings (SSSR count). The van der Waals surface area contributed by atoms with Crippen molar-refractivity contribution in [1.29, 1.82) is 0 Å². The van der Waals surface area contributed by atoms with E-state index in [4.69, 9.17) is 9.47 Å². The lowest BCUT2D eigenvalue weighted by molar-refractivity contribution is -0.192. The van der Waals surface area contributed by atoms with Crippen LogP contribution in [0.5, 0.6) is 5.75 Å². The fraction of sp³-hybridized carbons (Fsp3) is 0.250. The number of aromatic hydroxyl groups is 1. The predicted molar refractivity (Wildman–Crippen MR) is 71.8 cm³/mol. The van der Waals surface area contributed by atoms with Crippen molar-refractivity contribution >= 4 is 0 Å². The van der Waals surface area contributed by atoms with Crippen LogP contribution in [0.1, 0.15) is 23.3 Å². The molecule has 7 heteroatoms. The largest absolute Gasteiger partial charge is 0.508 e. The van der Waals surface area contributed by atoms with Crippen LogP contribution in [0.3, 0.4) is 0 Å². The summed E-state index contributed by atoms with van der Waals surface area (Å²) < 4.78 is 63.9. The third kappa shape index (κ3) is 3.16. The van der Waals surface area contributed by atoms with Gasteiger partial charge in [-0.3, -0.25) is 0 Å². The summed E-state index contributed by atoms with van der Waals surface area (Å²) in [5.41, 5.74) is 0.309. The molecular weight excluding hydrogens is 316 g/mol. The highest BCUT2D eigenvalue weighted by atomic mass is 19.2. The van der Waals surface area contributed by atoms with Gasteiger partial charge in [0.05, 0.1) is 13.2 Å². The van der Waals surface area contributed by atoms with Gasteiger partial charge in [0.25, 0.3) is 0 Å². The van der Waals surface area contributed by atoms with Crippen molar-refractivity contribution in [2.45, 2.75) is 12.2 Å². The Morgan fingerprint density at radius 1 is 0.870 bits per heavy atom. The first kappa shape index (κ1) is 15.8. The van der Waals surface area contributed by atoms with E-state index in [9.17, 15) is 22.7 Å². The molecule has 1 heterocycles. The van der Waals surface area contributed by atoms with E-state index in [1.807, 2.05) is 0 Å². The SMILES string of the molecule is Oc1ccc(C2COC(c3cc(F)c(F)c(F)c3)OC2)c(F)c1. The summed E-state index contributed by atoms with van der Waals surface area (Å²) in [5, 5.41) is 9.20. The van der Waals surface area contributed by atoms with Crippen LogP contribution in [0.4, 0.5) is 17.6 Å². The molecule has 3 nitrogen and oxygen atoms in total. The second-order valence-electron chi connectivity index (χ2n) is 5.20. The van der Waals surface area contributed by atoms with Gasteiger partial charge in [-0.1, -0.05) is 6.07 Å². The summed E-state index contributed by atoms with van der Waals surface area (Å²) in [6.45, 7) is 0.0972. The quantitative estimate of drug-likeness (QED) is 0.674. The van der Waals surface area contributed by atoms with Crippen molar-refractivity contribution in [3.63, 3.8) is 0 Å². The average Bonchev–Trinajstić information content (AvgIpc) is 2.52. The monoisotopic (exact) mass is 328 g/mol. The zero-order valence-electron chi connectivity index (χ0n) is 11.7. The van der Waals surface area contributed by atoms with E-state index in [0.717, 1.165) is 18.2 Å². The Labute approximate surface area is 129 Å². The van der Waals surface area contributed by atoms with Crippen LogP contribution < -0.4 is 0 Å². The number of phenolic OH excluding ortho intramolecular Hbond substituents is 1. The van der Waals surface area contributed by atoms with Crippen molar-refractivity contribution in [3.05, 3.63) is 64.7 Å². The van der Waals surface area contributed by atoms with Crippen LogP contribution >= 0.6 is 0 Å². The zero-order chi connectivity index (χ0) is 16.6. The maximum atomic E-state index is 13.8. The van der Waals surface area contributed by atoms with Gasteiger partial charge in [0.1, 0.15) is 11.6 Å². The average molecular weight is 328 g/mol. The summed E-state index contributed by atoms with van der Waals surface area (Å²) in [5.74, 6) is -5.45. The molecule has 0 amide bonds. The van der Waals surface area contributed by atoms with Crippen LogP contribution in [0.25, 0.3) is 0 Å². The molecule has 23 heavy (non-hydrogen) atoms. The molecule has 122 valence electrons. The summed E-state index contributed by atoms with van der Waals surface area (Å²) in [6, 6.07) is 5.33. The highest BCUT2D eigenvalue weighted by Gasteiger charge is 2.28. The van der Waals surface area contributed by atoms with Crippen LogP contribution in [-0.4, -0.2) is 18.3 Å². The van der Waals surface area contributed by atoms with Crippen LogP contribution in [0.2, 0.25) is 0 Å². The molecule has 0 saturated carbocycles. The number of halogens is 4. The van der Waals surface area contributed by atoms with E-state index in [1.165, 1.54) is 12.1 Å². The van der Waals surface area contributed by atoms with Crippen molar-refractivity contribution < 1.29 is 32.1 Å². The molecule has 1 aliphatic heterocycles. The fourth-order valence-electron chi connectivity index (χ4n) is 2.43. The van der Waals surface area contributed by atoms with E-state index in [0.29, 0.717) is 5.56 Å². The molecule has 2 aromatic carbocycles. The third-order valence-electron chi connectivity index (χ3n) is 3.60. The highest BCUT2D eigenvalue weighted by molar-refractivity contribution is 5.30. The van der Waals surface area contributed by atoms with Gasteiger partial charge in [-0.25, -0.2) is 17.6 Å². The Bertz CT molecular complexity index is 704. The Morgan fingerprint density at radius 3 is 2.04 bits per heavy atom. The molecule has 0 unspecified atom stereocenters. The lowest BCUT2D eigenvalue weighted by Crippen LogP contribution is -2.26. The molecule has 0 bridgehead atoms.